The Labute approximate surface area is 129 Å². The van der Waals surface area contributed by atoms with Gasteiger partial charge in [0.05, 0.1) is 23.0 Å². The second-order valence-corrected chi connectivity index (χ2v) is 6.82. The molecule has 0 saturated heterocycles. The average molecular weight is 329 g/mol. The maximum Gasteiger partial charge on any atom is 0.338 e. The van der Waals surface area contributed by atoms with Crippen LogP contribution >= 0.6 is 0 Å². The van der Waals surface area contributed by atoms with Gasteiger partial charge in [-0.05, 0) is 25.1 Å². The van der Waals surface area contributed by atoms with Crippen molar-refractivity contribution >= 4 is 22.0 Å². The van der Waals surface area contributed by atoms with Crippen molar-refractivity contribution in [3.63, 3.8) is 0 Å². The van der Waals surface area contributed by atoms with Gasteiger partial charge in [0.1, 0.15) is 0 Å². The topological polar surface area (TPSA) is 101 Å². The summed E-state index contributed by atoms with van der Waals surface area (Å²) in [6.45, 7) is 3.09. The van der Waals surface area contributed by atoms with Crippen LogP contribution in [0.4, 0.5) is 0 Å². The number of rotatable bonds is 7. The molecule has 1 atom stereocenters. The molecule has 0 amide bonds. The third-order valence-corrected chi connectivity index (χ3v) is 4.83. The molecule has 0 aliphatic heterocycles. The molecule has 8 heteroatoms. The predicted molar refractivity (Wildman–Crippen MR) is 79.0 cm³/mol. The van der Waals surface area contributed by atoms with Gasteiger partial charge in [-0.15, -0.1) is 0 Å². The Bertz CT molecular complexity index is 655. The molecule has 1 unspecified atom stereocenters. The van der Waals surface area contributed by atoms with Gasteiger partial charge in [-0.1, -0.05) is 13.0 Å². The summed E-state index contributed by atoms with van der Waals surface area (Å²) in [6.07, 6.45) is 0. The van der Waals surface area contributed by atoms with E-state index in [0.717, 1.165) is 4.31 Å². The van der Waals surface area contributed by atoms with Crippen molar-refractivity contribution in [1.29, 1.82) is 0 Å². The highest BCUT2D eigenvalue weighted by atomic mass is 32.2. The van der Waals surface area contributed by atoms with Crippen LogP contribution < -0.4 is 0 Å². The Hall–Kier alpha value is -1.93. The van der Waals surface area contributed by atoms with Gasteiger partial charge in [0.15, 0.2) is 0 Å². The predicted octanol–water partition coefficient (Wildman–Crippen LogP) is 1.20. The Balaban J connectivity index is 3.05. The number of nitrogens with zero attached hydrogens (tertiary/aromatic N) is 1. The maximum absolute atomic E-state index is 12.4. The van der Waals surface area contributed by atoms with Crippen molar-refractivity contribution in [1.82, 2.24) is 4.31 Å². The van der Waals surface area contributed by atoms with Gasteiger partial charge in [0, 0.05) is 13.6 Å². The van der Waals surface area contributed by atoms with Gasteiger partial charge in [0.2, 0.25) is 10.0 Å². The summed E-state index contributed by atoms with van der Waals surface area (Å²) in [5, 5.41) is 8.86. The Morgan fingerprint density at radius 1 is 1.36 bits per heavy atom. The smallest absolute Gasteiger partial charge is 0.338 e. The second-order valence-electron chi connectivity index (χ2n) is 4.77. The van der Waals surface area contributed by atoms with E-state index in [2.05, 4.69) is 0 Å². The number of hydrogen-bond acceptors (Lipinski definition) is 5. The number of sulfonamides is 1. The van der Waals surface area contributed by atoms with Crippen LogP contribution in [0.1, 0.15) is 24.2 Å². The van der Waals surface area contributed by atoms with Gasteiger partial charge < -0.3 is 9.84 Å². The molecule has 0 aliphatic carbocycles. The van der Waals surface area contributed by atoms with E-state index in [-0.39, 0.29) is 23.6 Å². The Morgan fingerprint density at radius 3 is 2.55 bits per heavy atom. The van der Waals surface area contributed by atoms with Crippen molar-refractivity contribution in [2.75, 3.05) is 20.2 Å². The molecular formula is C14H19NO6S. The number of hydrogen-bond donors (Lipinski definition) is 1. The first kappa shape index (κ1) is 18.1. The highest BCUT2D eigenvalue weighted by Crippen LogP contribution is 2.17. The van der Waals surface area contributed by atoms with E-state index in [4.69, 9.17) is 9.84 Å². The van der Waals surface area contributed by atoms with Gasteiger partial charge in [-0.3, -0.25) is 4.79 Å². The molecule has 1 rings (SSSR count). The first-order chi connectivity index (χ1) is 10.2. The molecule has 1 aromatic carbocycles. The molecule has 122 valence electrons. The van der Waals surface area contributed by atoms with Crippen LogP contribution in [-0.4, -0.2) is 50.0 Å². The van der Waals surface area contributed by atoms with Crippen LogP contribution in [0.2, 0.25) is 0 Å². The number of aliphatic carboxylic acids is 1. The van der Waals surface area contributed by atoms with E-state index >= 15 is 0 Å². The number of ether oxygens (including phenoxy) is 1. The molecule has 0 heterocycles. The monoisotopic (exact) mass is 329 g/mol. The van der Waals surface area contributed by atoms with Gasteiger partial charge >= 0.3 is 11.9 Å². The SMILES string of the molecule is CCOC(=O)c1cccc(S(=O)(=O)N(C)CC(C)C(=O)O)c1. The lowest BCUT2D eigenvalue weighted by atomic mass is 10.2. The van der Waals surface area contributed by atoms with Crippen LogP contribution in [0, 0.1) is 5.92 Å². The summed E-state index contributed by atoms with van der Waals surface area (Å²) in [5.41, 5.74) is 0.127. The lowest BCUT2D eigenvalue weighted by molar-refractivity contribution is -0.141. The fourth-order valence-corrected chi connectivity index (χ4v) is 3.05. The van der Waals surface area contributed by atoms with Crippen molar-refractivity contribution in [2.45, 2.75) is 18.7 Å². The summed E-state index contributed by atoms with van der Waals surface area (Å²) in [5.74, 6) is -2.53. The van der Waals surface area contributed by atoms with Crippen molar-refractivity contribution in [2.24, 2.45) is 5.92 Å². The first-order valence-electron chi connectivity index (χ1n) is 6.66. The van der Waals surface area contributed by atoms with E-state index in [9.17, 15) is 18.0 Å². The fourth-order valence-electron chi connectivity index (χ4n) is 1.74. The summed E-state index contributed by atoms with van der Waals surface area (Å²) in [6, 6.07) is 5.46. The van der Waals surface area contributed by atoms with Crippen LogP contribution in [0.15, 0.2) is 29.2 Å². The number of carbonyl (C=O) groups excluding carboxylic acids is 1. The van der Waals surface area contributed by atoms with E-state index in [1.165, 1.54) is 38.2 Å². The zero-order valence-corrected chi connectivity index (χ0v) is 13.5. The molecule has 1 aromatic rings. The fraction of sp³-hybridized carbons (Fsp3) is 0.429. The zero-order valence-electron chi connectivity index (χ0n) is 12.6. The lowest BCUT2D eigenvalue weighted by Gasteiger charge is -2.19. The normalized spacial score (nSPS) is 12.9. The van der Waals surface area contributed by atoms with E-state index in [1.807, 2.05) is 0 Å². The summed E-state index contributed by atoms with van der Waals surface area (Å²) < 4.78 is 30.6. The van der Waals surface area contributed by atoms with Crippen LogP contribution in [0.5, 0.6) is 0 Å². The largest absolute Gasteiger partial charge is 0.481 e. The minimum absolute atomic E-state index is 0.0851. The number of carboxylic acids is 1. The minimum atomic E-state index is -3.88. The lowest BCUT2D eigenvalue weighted by Crippen LogP contribution is -2.33. The van der Waals surface area contributed by atoms with E-state index in [1.54, 1.807) is 6.92 Å². The van der Waals surface area contributed by atoms with Gasteiger partial charge in [-0.2, -0.15) is 0 Å². The molecule has 0 fully saturated rings. The number of esters is 1. The van der Waals surface area contributed by atoms with Gasteiger partial charge in [0.25, 0.3) is 0 Å². The number of carboxylic acid groups (broad SMARTS) is 1. The zero-order chi connectivity index (χ0) is 16.9. The molecule has 1 N–H and O–H groups in total. The Morgan fingerprint density at radius 2 is 2.00 bits per heavy atom. The molecule has 0 aromatic heterocycles. The molecule has 7 nitrogen and oxygen atoms in total. The summed E-state index contributed by atoms with van der Waals surface area (Å²) in [7, 11) is -2.58. The average Bonchev–Trinajstić information content (AvgIpc) is 2.47. The number of benzene rings is 1. The molecule has 0 spiro atoms. The van der Waals surface area contributed by atoms with Crippen molar-refractivity contribution in [3.8, 4) is 0 Å². The van der Waals surface area contributed by atoms with Crippen molar-refractivity contribution < 1.29 is 27.9 Å². The minimum Gasteiger partial charge on any atom is -0.481 e. The summed E-state index contributed by atoms with van der Waals surface area (Å²) in [4.78, 5) is 22.4. The molecule has 22 heavy (non-hydrogen) atoms. The first-order valence-corrected chi connectivity index (χ1v) is 8.10. The highest BCUT2D eigenvalue weighted by Gasteiger charge is 2.25. The van der Waals surface area contributed by atoms with Crippen LogP contribution in [-0.2, 0) is 19.6 Å². The highest BCUT2D eigenvalue weighted by molar-refractivity contribution is 7.89. The van der Waals surface area contributed by atoms with Gasteiger partial charge in [-0.25, -0.2) is 17.5 Å². The van der Waals surface area contributed by atoms with Crippen molar-refractivity contribution in [3.05, 3.63) is 29.8 Å². The Kier molecular flexibility index (Phi) is 6.07. The third-order valence-electron chi connectivity index (χ3n) is 3.01. The van der Waals surface area contributed by atoms with Crippen LogP contribution in [0.25, 0.3) is 0 Å². The molecule has 0 saturated carbocycles. The maximum atomic E-state index is 12.4. The third kappa shape index (κ3) is 4.28. The van der Waals surface area contributed by atoms with E-state index in [0.29, 0.717) is 0 Å². The molecule has 0 aliphatic rings. The second kappa shape index (κ2) is 7.37. The number of carbonyl (C=O) groups is 2. The van der Waals surface area contributed by atoms with E-state index < -0.39 is 27.9 Å². The molecule has 0 bridgehead atoms. The standard InChI is InChI=1S/C14H19NO6S/c1-4-21-14(18)11-6-5-7-12(8-11)22(19,20)15(3)9-10(2)13(16)17/h5-8,10H,4,9H2,1-3H3,(H,16,17). The quantitative estimate of drug-likeness (QED) is 0.754. The molecule has 0 radical (unpaired) electrons. The molecular weight excluding hydrogens is 310 g/mol. The van der Waals surface area contributed by atoms with Crippen LogP contribution in [0.3, 0.4) is 0 Å². The summed E-state index contributed by atoms with van der Waals surface area (Å²) >= 11 is 0.